The number of fused-ring (bicyclic) bond motifs is 1. The highest BCUT2D eigenvalue weighted by atomic mass is 32.2. The smallest absolute Gasteiger partial charge is 0.408 e. The summed E-state index contributed by atoms with van der Waals surface area (Å²) in [5.41, 5.74) is 7.61. The molecule has 0 saturated heterocycles. The lowest BCUT2D eigenvalue weighted by molar-refractivity contribution is -0.117. The second-order valence-electron chi connectivity index (χ2n) is 9.80. The fraction of sp³-hybridized carbons (Fsp3) is 0.214. The van der Waals surface area contributed by atoms with E-state index in [1.165, 1.54) is 36.5 Å². The summed E-state index contributed by atoms with van der Waals surface area (Å²) in [7, 11) is -4.02. The highest BCUT2D eigenvalue weighted by Crippen LogP contribution is 2.35. The molecule has 4 rings (SSSR count). The first-order valence-corrected chi connectivity index (χ1v) is 13.3. The van der Waals surface area contributed by atoms with Crippen LogP contribution in [0.25, 0.3) is 22.0 Å². The Kier molecular flexibility index (Phi) is 7.28. The molecule has 3 aromatic carbocycles. The molecular formula is C28H28FN3O5S. The van der Waals surface area contributed by atoms with Gasteiger partial charge in [-0.1, -0.05) is 24.3 Å². The Labute approximate surface area is 220 Å². The van der Waals surface area contributed by atoms with E-state index in [2.05, 4.69) is 5.32 Å². The van der Waals surface area contributed by atoms with Gasteiger partial charge in [-0.05, 0) is 74.4 Å². The number of hydrogen-bond acceptors (Lipinski definition) is 6. The molecule has 38 heavy (non-hydrogen) atoms. The number of nitrogens with zero attached hydrogens (tertiary/aromatic N) is 1. The topological polar surface area (TPSA) is 120 Å². The zero-order valence-electron chi connectivity index (χ0n) is 21.2. The van der Waals surface area contributed by atoms with Crippen LogP contribution in [0.3, 0.4) is 0 Å². The molecular weight excluding hydrogens is 509 g/mol. The van der Waals surface area contributed by atoms with Crippen LogP contribution in [-0.4, -0.2) is 36.4 Å². The number of Topliss-reactive ketones (excluding diaryl/α,β-unsaturated/α-hetero) is 1. The molecule has 0 radical (unpaired) electrons. The second-order valence-corrected chi connectivity index (χ2v) is 11.6. The maximum atomic E-state index is 14.2. The highest BCUT2D eigenvalue weighted by molar-refractivity contribution is 7.90. The second kappa shape index (κ2) is 10.3. The minimum atomic E-state index is -4.02. The van der Waals surface area contributed by atoms with Gasteiger partial charge in [-0.15, -0.1) is 0 Å². The average molecular weight is 538 g/mol. The van der Waals surface area contributed by atoms with Gasteiger partial charge < -0.3 is 15.8 Å². The number of amides is 1. The van der Waals surface area contributed by atoms with E-state index in [1.54, 1.807) is 57.2 Å². The van der Waals surface area contributed by atoms with Crippen molar-refractivity contribution in [1.29, 1.82) is 0 Å². The van der Waals surface area contributed by atoms with Crippen molar-refractivity contribution in [3.8, 4) is 11.1 Å². The van der Waals surface area contributed by atoms with Crippen LogP contribution in [0.2, 0.25) is 0 Å². The number of benzene rings is 3. The molecule has 0 spiro atoms. The van der Waals surface area contributed by atoms with Gasteiger partial charge in [0.25, 0.3) is 10.0 Å². The summed E-state index contributed by atoms with van der Waals surface area (Å²) in [6, 6.07) is 16.8. The molecule has 0 atom stereocenters. The van der Waals surface area contributed by atoms with Crippen molar-refractivity contribution in [3.05, 3.63) is 84.3 Å². The van der Waals surface area contributed by atoms with E-state index >= 15 is 0 Å². The molecule has 0 saturated carbocycles. The van der Waals surface area contributed by atoms with Crippen LogP contribution < -0.4 is 11.1 Å². The molecule has 4 aromatic rings. The summed E-state index contributed by atoms with van der Waals surface area (Å²) in [4.78, 5) is 24.5. The molecule has 0 aliphatic rings. The van der Waals surface area contributed by atoms with Gasteiger partial charge in [0.05, 0.1) is 17.0 Å². The Hall–Kier alpha value is -4.18. The molecule has 0 aliphatic carbocycles. The summed E-state index contributed by atoms with van der Waals surface area (Å²) < 4.78 is 47.2. The van der Waals surface area contributed by atoms with Crippen molar-refractivity contribution in [2.75, 3.05) is 12.3 Å². The van der Waals surface area contributed by atoms with Gasteiger partial charge in [0.1, 0.15) is 11.4 Å². The van der Waals surface area contributed by atoms with Crippen LogP contribution in [-0.2, 0) is 26.0 Å². The molecule has 0 unspecified atom stereocenters. The number of anilines is 1. The van der Waals surface area contributed by atoms with Crippen LogP contribution in [0.15, 0.2) is 77.8 Å². The number of carbonyl (C=O) groups is 2. The van der Waals surface area contributed by atoms with Crippen LogP contribution >= 0.6 is 0 Å². The number of ether oxygens (including phenoxy) is 1. The van der Waals surface area contributed by atoms with E-state index < -0.39 is 27.5 Å². The van der Waals surface area contributed by atoms with Gasteiger partial charge in [-0.3, -0.25) is 4.79 Å². The zero-order valence-corrected chi connectivity index (χ0v) is 22.0. The van der Waals surface area contributed by atoms with E-state index in [9.17, 15) is 22.4 Å². The molecule has 0 bridgehead atoms. The van der Waals surface area contributed by atoms with E-state index in [-0.39, 0.29) is 29.2 Å². The number of hydrogen-bond donors (Lipinski definition) is 2. The van der Waals surface area contributed by atoms with Crippen LogP contribution in [0.4, 0.5) is 14.9 Å². The predicted octanol–water partition coefficient (Wildman–Crippen LogP) is 4.90. The Bertz CT molecular complexity index is 1620. The first-order valence-electron chi connectivity index (χ1n) is 11.8. The third-order valence-corrected chi connectivity index (χ3v) is 7.39. The van der Waals surface area contributed by atoms with E-state index in [0.29, 0.717) is 27.8 Å². The number of nitrogen functional groups attached to an aromatic ring is 1. The monoisotopic (exact) mass is 537 g/mol. The molecule has 0 fully saturated rings. The summed E-state index contributed by atoms with van der Waals surface area (Å²) in [5, 5.41) is 2.95. The predicted molar refractivity (Wildman–Crippen MR) is 144 cm³/mol. The SMILES string of the molecule is CC(C)(C)OC(=O)NCC(=O)Cc1cc(-c2cn(S(=O)(=O)c3ccccc3)c3cc(F)ccc23)ccc1N. The molecule has 1 amide bonds. The number of halogens is 1. The number of nitrogens with one attached hydrogen (secondary N) is 1. The standard InChI is InChI=1S/C28H28FN3O5S/c1-28(2,3)37-27(34)31-16-21(33)14-19-13-18(9-12-25(19)30)24-17-32(26-15-20(29)10-11-23(24)26)38(35,36)22-7-5-4-6-8-22/h4-13,15,17H,14,16,30H2,1-3H3,(H,31,34). The van der Waals surface area contributed by atoms with Gasteiger partial charge in [-0.25, -0.2) is 21.6 Å². The zero-order chi connectivity index (χ0) is 27.7. The van der Waals surface area contributed by atoms with Crippen molar-refractivity contribution in [3.63, 3.8) is 0 Å². The lowest BCUT2D eigenvalue weighted by Crippen LogP contribution is -2.35. The summed E-state index contributed by atoms with van der Waals surface area (Å²) in [6.07, 6.45) is 0.672. The average Bonchev–Trinajstić information content (AvgIpc) is 3.23. The molecule has 3 N–H and O–H groups in total. The first kappa shape index (κ1) is 26.9. The van der Waals surface area contributed by atoms with Crippen molar-refractivity contribution >= 4 is 38.5 Å². The Balaban J connectivity index is 1.68. The number of nitrogens with two attached hydrogens (primary N) is 1. The molecule has 1 aromatic heterocycles. The molecule has 10 heteroatoms. The van der Waals surface area contributed by atoms with E-state index in [1.807, 2.05) is 0 Å². The number of alkyl carbamates (subject to hydrolysis) is 1. The van der Waals surface area contributed by atoms with Crippen LogP contribution in [0, 0.1) is 5.82 Å². The van der Waals surface area contributed by atoms with Crippen LogP contribution in [0.1, 0.15) is 26.3 Å². The highest BCUT2D eigenvalue weighted by Gasteiger charge is 2.23. The minimum Gasteiger partial charge on any atom is -0.444 e. The molecule has 8 nitrogen and oxygen atoms in total. The summed E-state index contributed by atoms with van der Waals surface area (Å²) in [6.45, 7) is 4.91. The fourth-order valence-corrected chi connectivity index (χ4v) is 5.37. The lowest BCUT2D eigenvalue weighted by atomic mass is 9.98. The Morgan fingerprint density at radius 2 is 1.74 bits per heavy atom. The van der Waals surface area contributed by atoms with Gasteiger partial charge in [0.2, 0.25) is 0 Å². The fourth-order valence-electron chi connectivity index (χ4n) is 3.99. The van der Waals surface area contributed by atoms with Gasteiger partial charge in [-0.2, -0.15) is 0 Å². The minimum absolute atomic E-state index is 0.0637. The number of aromatic nitrogens is 1. The van der Waals surface area contributed by atoms with Crippen molar-refractivity contribution in [2.24, 2.45) is 0 Å². The van der Waals surface area contributed by atoms with Crippen molar-refractivity contribution in [2.45, 2.75) is 37.7 Å². The summed E-state index contributed by atoms with van der Waals surface area (Å²) in [5.74, 6) is -0.872. The van der Waals surface area contributed by atoms with Gasteiger partial charge >= 0.3 is 6.09 Å². The van der Waals surface area contributed by atoms with E-state index in [0.717, 1.165) is 3.97 Å². The summed E-state index contributed by atoms with van der Waals surface area (Å²) >= 11 is 0. The van der Waals surface area contributed by atoms with Crippen LogP contribution in [0.5, 0.6) is 0 Å². The van der Waals surface area contributed by atoms with Crippen molar-refractivity contribution < 1.29 is 27.1 Å². The maximum Gasteiger partial charge on any atom is 0.408 e. The third kappa shape index (κ3) is 5.86. The quantitative estimate of drug-likeness (QED) is 0.324. The molecule has 1 heterocycles. The largest absolute Gasteiger partial charge is 0.444 e. The number of ketones is 1. The molecule has 198 valence electrons. The first-order chi connectivity index (χ1) is 17.8. The van der Waals surface area contributed by atoms with E-state index in [4.69, 9.17) is 10.5 Å². The number of rotatable bonds is 7. The Morgan fingerprint density at radius 1 is 1.03 bits per heavy atom. The normalized spacial score (nSPS) is 11.9. The lowest BCUT2D eigenvalue weighted by Gasteiger charge is -2.19. The third-order valence-electron chi connectivity index (χ3n) is 5.70. The Morgan fingerprint density at radius 3 is 2.42 bits per heavy atom. The molecule has 0 aliphatic heterocycles. The van der Waals surface area contributed by atoms with Crippen molar-refractivity contribution in [1.82, 2.24) is 9.29 Å². The van der Waals surface area contributed by atoms with Gasteiger partial charge in [0, 0.05) is 29.3 Å². The van der Waals surface area contributed by atoms with Gasteiger partial charge in [0.15, 0.2) is 5.78 Å². The maximum absolute atomic E-state index is 14.2. The number of carbonyl (C=O) groups excluding carboxylic acids is 2.